The van der Waals surface area contributed by atoms with Crippen molar-refractivity contribution in [1.29, 1.82) is 0 Å². The number of rotatable bonds is 5. The molecule has 2 heterocycles. The van der Waals surface area contributed by atoms with Gasteiger partial charge in [0, 0.05) is 27.2 Å². The number of amides is 1. The summed E-state index contributed by atoms with van der Waals surface area (Å²) in [6.07, 6.45) is 0. The van der Waals surface area contributed by atoms with E-state index in [4.69, 9.17) is 16.3 Å². The third kappa shape index (κ3) is 3.57. The van der Waals surface area contributed by atoms with Crippen molar-refractivity contribution in [2.45, 2.75) is 24.1 Å². The molecule has 0 aromatic heterocycles. The van der Waals surface area contributed by atoms with Crippen LogP contribution in [0.1, 0.15) is 22.6 Å². The molecule has 1 amide bonds. The molecule has 3 atom stereocenters. The Bertz CT molecular complexity index is 1290. The number of hydrogen-bond donors (Lipinski definition) is 1. The van der Waals surface area contributed by atoms with E-state index in [1.54, 1.807) is 54.4 Å². The highest BCUT2D eigenvalue weighted by Crippen LogP contribution is 2.52. The second-order valence-corrected chi connectivity index (χ2v) is 9.91. The fourth-order valence-electron chi connectivity index (χ4n) is 5.19. The molecule has 9 heteroatoms. The Morgan fingerprint density at radius 3 is 2.65 bits per heavy atom. The van der Waals surface area contributed by atoms with Crippen LogP contribution in [0.5, 0.6) is 5.75 Å². The Hall–Kier alpha value is -2.94. The second-order valence-electron chi connectivity index (χ2n) is 8.59. The van der Waals surface area contributed by atoms with Crippen molar-refractivity contribution < 1.29 is 14.5 Å². The van der Waals surface area contributed by atoms with Gasteiger partial charge in [-0.25, -0.2) is 0 Å². The lowest BCUT2D eigenvalue weighted by atomic mass is 9.79. The first-order chi connectivity index (χ1) is 16.3. The van der Waals surface area contributed by atoms with Crippen molar-refractivity contribution >= 4 is 39.1 Å². The number of ether oxygens (including phenoxy) is 1. The van der Waals surface area contributed by atoms with Gasteiger partial charge in [0.25, 0.3) is 11.9 Å². The van der Waals surface area contributed by atoms with Crippen LogP contribution in [0.25, 0.3) is 0 Å². The van der Waals surface area contributed by atoms with E-state index < -0.39 is 17.5 Å². The van der Waals surface area contributed by atoms with Crippen LogP contribution in [0.2, 0.25) is 5.02 Å². The van der Waals surface area contributed by atoms with E-state index in [9.17, 15) is 14.9 Å². The van der Waals surface area contributed by atoms with Gasteiger partial charge in [-0.1, -0.05) is 63.9 Å². The Morgan fingerprint density at radius 2 is 1.94 bits per heavy atom. The molecule has 0 radical (unpaired) electrons. The lowest BCUT2D eigenvalue weighted by molar-refractivity contribution is -0.534. The van der Waals surface area contributed by atoms with Crippen LogP contribution in [0.3, 0.4) is 0 Å². The largest absolute Gasteiger partial charge is 0.487 e. The third-order valence-electron chi connectivity index (χ3n) is 6.73. The summed E-state index contributed by atoms with van der Waals surface area (Å²) in [7, 11) is 1.76. The number of nitro groups is 1. The maximum absolute atomic E-state index is 13.2. The van der Waals surface area contributed by atoms with Gasteiger partial charge in [-0.05, 0) is 48.5 Å². The minimum Gasteiger partial charge on any atom is -0.487 e. The van der Waals surface area contributed by atoms with Crippen molar-refractivity contribution in [2.75, 3.05) is 18.9 Å². The Balaban J connectivity index is 1.46. The number of halogens is 2. The number of hydrogen-bond acceptors (Lipinski definition) is 5. The van der Waals surface area contributed by atoms with Gasteiger partial charge in [-0.3, -0.25) is 19.8 Å². The molecule has 5 rings (SSSR count). The highest BCUT2D eigenvalue weighted by atomic mass is 79.9. The van der Waals surface area contributed by atoms with E-state index in [0.29, 0.717) is 40.7 Å². The first-order valence-corrected chi connectivity index (χ1v) is 11.9. The molecule has 0 unspecified atom stereocenters. The first-order valence-electron chi connectivity index (χ1n) is 10.7. The van der Waals surface area contributed by atoms with Crippen molar-refractivity contribution in [1.82, 2.24) is 4.90 Å². The maximum Gasteiger partial charge on any atom is 0.256 e. The fraction of sp³-hybridized carbons (Fsp3) is 0.240. The van der Waals surface area contributed by atoms with Crippen molar-refractivity contribution in [3.05, 3.63) is 103 Å². The van der Waals surface area contributed by atoms with Gasteiger partial charge in [-0.15, -0.1) is 0 Å². The van der Waals surface area contributed by atoms with Gasteiger partial charge in [0.1, 0.15) is 12.4 Å². The Kier molecular flexibility index (Phi) is 5.83. The van der Waals surface area contributed by atoms with E-state index >= 15 is 0 Å². The standard InChI is InChI=1S/C25H21BrClN3O4/c1-29-13-18(23(30(32)33)25(29)19-4-2-3-5-21(19)28-24(25)31)16-8-11-22(20(27)12-16)34-14-15-6-9-17(26)10-7-15/h2-12,18,23H,13-14H2,1H3,(H,28,31)/t18-,23-,25-/m1/s1. The predicted octanol–water partition coefficient (Wildman–Crippen LogP) is 5.20. The summed E-state index contributed by atoms with van der Waals surface area (Å²) in [6.45, 7) is 0.679. The molecule has 7 nitrogen and oxygen atoms in total. The topological polar surface area (TPSA) is 84.7 Å². The first kappa shape index (κ1) is 22.8. The van der Waals surface area contributed by atoms with Gasteiger partial charge in [0.05, 0.1) is 10.9 Å². The van der Waals surface area contributed by atoms with E-state index in [2.05, 4.69) is 21.2 Å². The van der Waals surface area contributed by atoms with E-state index in [-0.39, 0.29) is 10.8 Å². The number of nitrogens with one attached hydrogen (secondary N) is 1. The number of carbonyl (C=O) groups is 1. The predicted molar refractivity (Wildman–Crippen MR) is 133 cm³/mol. The summed E-state index contributed by atoms with van der Waals surface area (Å²) < 4.78 is 6.86. The van der Waals surface area contributed by atoms with Crippen molar-refractivity contribution in [3.63, 3.8) is 0 Å². The van der Waals surface area contributed by atoms with E-state index in [1.165, 1.54) is 0 Å². The number of likely N-dealkylation sites (N-methyl/N-ethyl adjacent to an activating group) is 1. The Morgan fingerprint density at radius 1 is 1.21 bits per heavy atom. The molecule has 2 aliphatic heterocycles. The normalized spacial score (nSPS) is 23.7. The molecule has 0 saturated carbocycles. The highest BCUT2D eigenvalue weighted by molar-refractivity contribution is 9.10. The summed E-state index contributed by atoms with van der Waals surface area (Å²) >= 11 is 9.94. The summed E-state index contributed by atoms with van der Waals surface area (Å²) in [6, 6.07) is 19.0. The number of likely N-dealkylation sites (tertiary alicyclic amines) is 1. The molecule has 1 fully saturated rings. The maximum atomic E-state index is 13.2. The SMILES string of the molecule is CN1C[C@H](c2ccc(OCc3ccc(Br)cc3)c(Cl)c2)[C@@H]([N+](=O)[O-])[C@]12C(=O)Nc1ccccc12. The number of anilines is 1. The van der Waals surface area contributed by atoms with E-state index in [0.717, 1.165) is 10.0 Å². The summed E-state index contributed by atoms with van der Waals surface area (Å²) in [5.41, 5.74) is 1.55. The zero-order valence-corrected chi connectivity index (χ0v) is 20.5. The molecule has 1 spiro atoms. The van der Waals surface area contributed by atoms with Gasteiger partial charge < -0.3 is 10.1 Å². The molecule has 2 aliphatic rings. The lowest BCUT2D eigenvalue weighted by Crippen LogP contribution is -2.54. The van der Waals surface area contributed by atoms with Gasteiger partial charge in [0.2, 0.25) is 0 Å². The minimum atomic E-state index is -1.38. The summed E-state index contributed by atoms with van der Waals surface area (Å²) in [4.78, 5) is 27.1. The quantitative estimate of drug-likeness (QED) is 0.354. The zero-order valence-electron chi connectivity index (χ0n) is 18.2. The number of benzene rings is 3. The zero-order chi connectivity index (χ0) is 24.0. The number of fused-ring (bicyclic) bond motifs is 2. The van der Waals surface area contributed by atoms with Crippen molar-refractivity contribution in [3.8, 4) is 5.75 Å². The molecule has 1 N–H and O–H groups in total. The minimum absolute atomic E-state index is 0.332. The van der Waals surface area contributed by atoms with Crippen LogP contribution < -0.4 is 10.1 Å². The van der Waals surface area contributed by atoms with Gasteiger partial charge in [-0.2, -0.15) is 0 Å². The van der Waals surface area contributed by atoms with Crippen molar-refractivity contribution in [2.24, 2.45) is 0 Å². The van der Waals surface area contributed by atoms with Crippen LogP contribution in [-0.2, 0) is 16.9 Å². The molecular weight excluding hydrogens is 522 g/mol. The smallest absolute Gasteiger partial charge is 0.256 e. The average molecular weight is 543 g/mol. The molecule has 0 aliphatic carbocycles. The third-order valence-corrected chi connectivity index (χ3v) is 7.56. The lowest BCUT2D eigenvalue weighted by Gasteiger charge is -2.30. The van der Waals surface area contributed by atoms with Crippen LogP contribution >= 0.6 is 27.5 Å². The molecule has 1 saturated heterocycles. The van der Waals surface area contributed by atoms with E-state index in [1.807, 2.05) is 24.3 Å². The highest BCUT2D eigenvalue weighted by Gasteiger charge is 2.68. The average Bonchev–Trinajstić information content (AvgIpc) is 3.29. The molecule has 174 valence electrons. The molecule has 0 bridgehead atoms. The molecule has 3 aromatic rings. The van der Waals surface area contributed by atoms with Gasteiger partial charge >= 0.3 is 0 Å². The summed E-state index contributed by atoms with van der Waals surface area (Å²) in [5, 5.41) is 15.6. The number of para-hydroxylation sites is 1. The molecular formula is C25H21BrClN3O4. The second kappa shape index (κ2) is 8.69. The number of carbonyl (C=O) groups excluding carboxylic acids is 1. The van der Waals surface area contributed by atoms with Gasteiger partial charge in [0.15, 0.2) is 5.54 Å². The summed E-state index contributed by atoms with van der Waals surface area (Å²) in [5.74, 6) is -0.410. The van der Waals surface area contributed by atoms with Crippen LogP contribution in [0, 0.1) is 10.1 Å². The Labute approximate surface area is 209 Å². The fourth-order valence-corrected chi connectivity index (χ4v) is 5.69. The molecule has 34 heavy (non-hydrogen) atoms. The van der Waals surface area contributed by atoms with Crippen LogP contribution in [0.4, 0.5) is 5.69 Å². The van der Waals surface area contributed by atoms with Crippen LogP contribution in [0.15, 0.2) is 71.2 Å². The molecule has 3 aromatic carbocycles. The monoisotopic (exact) mass is 541 g/mol. The number of nitrogens with zero attached hydrogens (tertiary/aromatic N) is 2. The van der Waals surface area contributed by atoms with Crippen LogP contribution in [-0.4, -0.2) is 35.4 Å².